The van der Waals surface area contributed by atoms with Crippen LogP contribution >= 0.6 is 0 Å². The maximum atomic E-state index is 12.7. The number of aromatic nitrogens is 4. The first-order valence-corrected chi connectivity index (χ1v) is 8.73. The number of amides is 1. The van der Waals surface area contributed by atoms with Gasteiger partial charge in [-0.25, -0.2) is 9.67 Å². The zero-order chi connectivity index (χ0) is 19.3. The molecule has 0 aliphatic rings. The predicted octanol–water partition coefficient (Wildman–Crippen LogP) is 2.55. The van der Waals surface area contributed by atoms with E-state index >= 15 is 0 Å². The van der Waals surface area contributed by atoms with Crippen LogP contribution in [0.5, 0.6) is 0 Å². The van der Waals surface area contributed by atoms with E-state index in [1.165, 1.54) is 16.9 Å². The Hall–Kier alpha value is -4.00. The minimum atomic E-state index is -0.323. The average molecular weight is 371 g/mol. The van der Waals surface area contributed by atoms with Crippen molar-refractivity contribution in [2.45, 2.75) is 6.54 Å². The molecule has 0 saturated carbocycles. The van der Waals surface area contributed by atoms with E-state index < -0.39 is 0 Å². The van der Waals surface area contributed by atoms with E-state index in [4.69, 9.17) is 0 Å². The summed E-state index contributed by atoms with van der Waals surface area (Å²) in [5, 5.41) is 5.85. The van der Waals surface area contributed by atoms with Crippen molar-refractivity contribution in [3.05, 3.63) is 101 Å². The van der Waals surface area contributed by atoms with E-state index in [-0.39, 0.29) is 17.3 Å². The average Bonchev–Trinajstić information content (AvgIpc) is 3.15. The minimum absolute atomic E-state index is 0.236. The largest absolute Gasteiger partial charge is 0.348 e. The number of hydrogen-bond donors (Lipinski definition) is 2. The molecule has 0 radical (unpaired) electrons. The standard InChI is InChI=1S/C21H17N5O2/c27-19-13-18(17-10-4-5-11-22-17)25-26(19)20-16(9-6-12-23-20)21(28)24-14-15-7-2-1-3-8-15/h1-13,25H,14H2,(H,24,28). The molecule has 0 saturated heterocycles. The summed E-state index contributed by atoms with van der Waals surface area (Å²) in [5.41, 5.74) is 2.14. The lowest BCUT2D eigenvalue weighted by molar-refractivity contribution is 0.0950. The Kier molecular flexibility index (Phi) is 4.79. The highest BCUT2D eigenvalue weighted by molar-refractivity contribution is 5.97. The normalized spacial score (nSPS) is 10.6. The van der Waals surface area contributed by atoms with Gasteiger partial charge >= 0.3 is 0 Å². The van der Waals surface area contributed by atoms with Crippen molar-refractivity contribution in [1.82, 2.24) is 25.1 Å². The third-order valence-corrected chi connectivity index (χ3v) is 4.20. The first-order chi connectivity index (χ1) is 13.7. The van der Waals surface area contributed by atoms with Crippen LogP contribution < -0.4 is 10.9 Å². The second-order valence-electron chi connectivity index (χ2n) is 6.10. The van der Waals surface area contributed by atoms with Gasteiger partial charge in [-0.15, -0.1) is 0 Å². The Morgan fingerprint density at radius 2 is 1.75 bits per heavy atom. The summed E-state index contributed by atoms with van der Waals surface area (Å²) in [4.78, 5) is 33.7. The monoisotopic (exact) mass is 371 g/mol. The number of hydrogen-bond acceptors (Lipinski definition) is 4. The van der Waals surface area contributed by atoms with Crippen molar-refractivity contribution < 1.29 is 4.79 Å². The Balaban J connectivity index is 1.64. The van der Waals surface area contributed by atoms with Crippen LogP contribution in [0.25, 0.3) is 17.2 Å². The molecule has 0 aliphatic carbocycles. The number of H-pyrrole nitrogens is 1. The van der Waals surface area contributed by atoms with E-state index in [1.807, 2.05) is 36.4 Å². The second-order valence-corrected chi connectivity index (χ2v) is 6.10. The number of rotatable bonds is 5. The summed E-state index contributed by atoms with van der Waals surface area (Å²) >= 11 is 0. The van der Waals surface area contributed by atoms with Crippen molar-refractivity contribution in [3.8, 4) is 17.2 Å². The van der Waals surface area contributed by atoms with Crippen LogP contribution in [-0.2, 0) is 6.54 Å². The molecule has 138 valence electrons. The van der Waals surface area contributed by atoms with E-state index in [0.717, 1.165) is 5.56 Å². The molecule has 1 amide bonds. The molecule has 1 aromatic carbocycles. The SMILES string of the molecule is O=C(NCc1ccccc1)c1cccnc1-n1[nH]c(-c2ccccn2)cc1=O. The molecular weight excluding hydrogens is 354 g/mol. The van der Waals surface area contributed by atoms with Crippen molar-refractivity contribution in [1.29, 1.82) is 0 Å². The zero-order valence-corrected chi connectivity index (χ0v) is 14.9. The molecule has 0 bridgehead atoms. The van der Waals surface area contributed by atoms with Crippen LogP contribution in [0.4, 0.5) is 0 Å². The van der Waals surface area contributed by atoms with Crippen LogP contribution in [0.1, 0.15) is 15.9 Å². The summed E-state index contributed by atoms with van der Waals surface area (Å²) in [7, 11) is 0. The van der Waals surface area contributed by atoms with Gasteiger partial charge in [0, 0.05) is 25.0 Å². The molecule has 7 heteroatoms. The van der Waals surface area contributed by atoms with Gasteiger partial charge in [0.05, 0.1) is 17.0 Å². The maximum absolute atomic E-state index is 12.7. The third-order valence-electron chi connectivity index (χ3n) is 4.20. The molecule has 0 aliphatic heterocycles. The summed E-state index contributed by atoms with van der Waals surface area (Å²) in [6.45, 7) is 0.382. The van der Waals surface area contributed by atoms with Gasteiger partial charge in [0.1, 0.15) is 0 Å². The van der Waals surface area contributed by atoms with E-state index in [0.29, 0.717) is 23.5 Å². The fourth-order valence-electron chi connectivity index (χ4n) is 2.83. The Labute approximate surface area is 160 Å². The number of carbonyl (C=O) groups is 1. The van der Waals surface area contributed by atoms with Crippen LogP contribution in [0.2, 0.25) is 0 Å². The summed E-state index contributed by atoms with van der Waals surface area (Å²) < 4.78 is 1.25. The first kappa shape index (κ1) is 17.4. The Bertz CT molecular complexity index is 1150. The fourth-order valence-corrected chi connectivity index (χ4v) is 2.83. The van der Waals surface area contributed by atoms with Crippen molar-refractivity contribution in [2.75, 3.05) is 0 Å². The van der Waals surface area contributed by atoms with Crippen molar-refractivity contribution in [3.63, 3.8) is 0 Å². The molecule has 4 rings (SSSR count). The predicted molar refractivity (Wildman–Crippen MR) is 105 cm³/mol. The fraction of sp³-hybridized carbons (Fsp3) is 0.0476. The molecule has 0 atom stereocenters. The van der Waals surface area contributed by atoms with Gasteiger partial charge in [-0.2, -0.15) is 0 Å². The summed E-state index contributed by atoms with van der Waals surface area (Å²) in [6.07, 6.45) is 3.19. The number of pyridine rings is 2. The topological polar surface area (TPSA) is 92.7 Å². The zero-order valence-electron chi connectivity index (χ0n) is 14.9. The third kappa shape index (κ3) is 3.59. The highest BCUT2D eigenvalue weighted by Crippen LogP contribution is 2.14. The molecule has 3 aromatic heterocycles. The molecule has 28 heavy (non-hydrogen) atoms. The first-order valence-electron chi connectivity index (χ1n) is 8.73. The number of aromatic amines is 1. The maximum Gasteiger partial charge on any atom is 0.273 e. The van der Waals surface area contributed by atoms with Gasteiger partial charge in [-0.1, -0.05) is 36.4 Å². The molecule has 3 heterocycles. The Morgan fingerprint density at radius 3 is 2.54 bits per heavy atom. The van der Waals surface area contributed by atoms with Crippen molar-refractivity contribution in [2.24, 2.45) is 0 Å². The number of carbonyl (C=O) groups excluding carboxylic acids is 1. The molecule has 0 fully saturated rings. The lowest BCUT2D eigenvalue weighted by Crippen LogP contribution is -2.26. The molecule has 7 nitrogen and oxygen atoms in total. The number of nitrogens with zero attached hydrogens (tertiary/aromatic N) is 3. The quantitative estimate of drug-likeness (QED) is 0.564. The lowest BCUT2D eigenvalue weighted by atomic mass is 10.2. The van der Waals surface area contributed by atoms with Crippen LogP contribution in [-0.4, -0.2) is 25.7 Å². The van der Waals surface area contributed by atoms with Gasteiger partial charge in [-0.3, -0.25) is 19.7 Å². The highest BCUT2D eigenvalue weighted by Gasteiger charge is 2.17. The molecular formula is C21H17N5O2. The van der Waals surface area contributed by atoms with Gasteiger partial charge in [0.2, 0.25) is 0 Å². The molecule has 4 aromatic rings. The molecule has 0 unspecified atom stereocenters. The minimum Gasteiger partial charge on any atom is -0.348 e. The van der Waals surface area contributed by atoms with Crippen LogP contribution in [0.3, 0.4) is 0 Å². The summed E-state index contributed by atoms with van der Waals surface area (Å²) in [6, 6.07) is 19.8. The van der Waals surface area contributed by atoms with Gasteiger partial charge in [0.15, 0.2) is 5.82 Å². The number of benzene rings is 1. The smallest absolute Gasteiger partial charge is 0.273 e. The highest BCUT2D eigenvalue weighted by atomic mass is 16.2. The van der Waals surface area contributed by atoms with Crippen molar-refractivity contribution >= 4 is 5.91 Å². The van der Waals surface area contributed by atoms with Crippen LogP contribution in [0, 0.1) is 0 Å². The molecule has 0 spiro atoms. The lowest BCUT2D eigenvalue weighted by Gasteiger charge is -2.09. The molecule has 2 N–H and O–H groups in total. The van der Waals surface area contributed by atoms with E-state index in [1.54, 1.807) is 30.5 Å². The summed E-state index contributed by atoms with van der Waals surface area (Å²) in [5.74, 6) is -0.0759. The second kappa shape index (κ2) is 7.71. The van der Waals surface area contributed by atoms with Gasteiger partial charge in [-0.05, 0) is 29.8 Å². The number of nitrogens with one attached hydrogen (secondary N) is 2. The Morgan fingerprint density at radius 1 is 0.964 bits per heavy atom. The van der Waals surface area contributed by atoms with Crippen LogP contribution in [0.15, 0.2) is 83.9 Å². The van der Waals surface area contributed by atoms with E-state index in [9.17, 15) is 9.59 Å². The van der Waals surface area contributed by atoms with E-state index in [2.05, 4.69) is 20.4 Å². The van der Waals surface area contributed by atoms with Gasteiger partial charge in [0.25, 0.3) is 11.5 Å². The van der Waals surface area contributed by atoms with Gasteiger partial charge < -0.3 is 5.32 Å².